The second-order valence-electron chi connectivity index (χ2n) is 4.35. The third-order valence-corrected chi connectivity index (χ3v) is 2.49. The molecule has 1 aromatic carbocycles. The number of hydrogen-bond donors (Lipinski definition) is 1. The molecule has 0 radical (unpaired) electrons. The van der Waals surface area contributed by atoms with E-state index in [0.717, 1.165) is 16.7 Å². The molecule has 0 atom stereocenters. The number of aryl methyl sites for hydroxylation is 1. The molecule has 1 aromatic rings. The first-order chi connectivity index (χ1) is 8.43. The molecular weight excluding hydrogens is 228 g/mol. The molecule has 0 aliphatic carbocycles. The lowest BCUT2D eigenvalue weighted by atomic mass is 10.0. The first kappa shape index (κ1) is 14.0. The maximum atomic E-state index is 10.9. The van der Waals surface area contributed by atoms with Crippen LogP contribution in [-0.2, 0) is 4.74 Å². The highest BCUT2D eigenvalue weighted by molar-refractivity contribution is 5.88. The fourth-order valence-electron chi connectivity index (χ4n) is 1.53. The lowest BCUT2D eigenvalue weighted by Gasteiger charge is -2.06. The molecule has 0 aliphatic heterocycles. The first-order valence-corrected chi connectivity index (χ1v) is 5.68. The second-order valence-corrected chi connectivity index (χ2v) is 4.35. The molecular formula is C15H18O3. The van der Waals surface area contributed by atoms with Gasteiger partial charge in [0, 0.05) is 0 Å². The molecule has 96 valence electrons. The Balaban J connectivity index is 3.23. The number of rotatable bonds is 4. The molecule has 0 saturated carbocycles. The molecule has 0 spiro atoms. The smallest absolute Gasteiger partial charge is 0.335 e. The zero-order chi connectivity index (χ0) is 13.7. The SMILES string of the molecule is CO/C(C=C(C)C)=C/c1cc(C(=O)O)ccc1C. The number of carboxylic acid groups (broad SMARTS) is 1. The Labute approximate surface area is 107 Å². The molecule has 0 heterocycles. The lowest BCUT2D eigenvalue weighted by Crippen LogP contribution is -1.97. The van der Waals surface area contributed by atoms with Crippen LogP contribution in [0, 0.1) is 6.92 Å². The van der Waals surface area contributed by atoms with Crippen LogP contribution in [-0.4, -0.2) is 18.2 Å². The quantitative estimate of drug-likeness (QED) is 0.651. The van der Waals surface area contributed by atoms with Crippen LogP contribution in [0.15, 0.2) is 35.6 Å². The van der Waals surface area contributed by atoms with Crippen molar-refractivity contribution < 1.29 is 14.6 Å². The Morgan fingerprint density at radius 1 is 1.33 bits per heavy atom. The van der Waals surface area contributed by atoms with Crippen molar-refractivity contribution in [2.24, 2.45) is 0 Å². The van der Waals surface area contributed by atoms with Crippen LogP contribution in [0.25, 0.3) is 6.08 Å². The van der Waals surface area contributed by atoms with Crippen LogP contribution in [0.5, 0.6) is 0 Å². The molecule has 0 aromatic heterocycles. The van der Waals surface area contributed by atoms with Crippen LogP contribution in [0.3, 0.4) is 0 Å². The van der Waals surface area contributed by atoms with Crippen molar-refractivity contribution in [3.05, 3.63) is 52.3 Å². The summed E-state index contributed by atoms with van der Waals surface area (Å²) in [5, 5.41) is 8.97. The number of carbonyl (C=O) groups is 1. The fraction of sp³-hybridized carbons (Fsp3) is 0.267. The van der Waals surface area contributed by atoms with Crippen molar-refractivity contribution in [3.8, 4) is 0 Å². The Kier molecular flexibility index (Phi) is 4.72. The lowest BCUT2D eigenvalue weighted by molar-refractivity contribution is 0.0697. The molecule has 0 amide bonds. The van der Waals surface area contributed by atoms with E-state index >= 15 is 0 Å². The Hall–Kier alpha value is -2.03. The minimum absolute atomic E-state index is 0.277. The monoisotopic (exact) mass is 246 g/mol. The zero-order valence-electron chi connectivity index (χ0n) is 11.2. The number of allylic oxidation sites excluding steroid dienone is 2. The van der Waals surface area contributed by atoms with Crippen molar-refractivity contribution in [1.29, 1.82) is 0 Å². The maximum Gasteiger partial charge on any atom is 0.335 e. The summed E-state index contributed by atoms with van der Waals surface area (Å²) in [6, 6.07) is 5.04. The molecule has 1 rings (SSSR count). The summed E-state index contributed by atoms with van der Waals surface area (Å²) in [7, 11) is 1.60. The predicted octanol–water partition coefficient (Wildman–Crippen LogP) is 3.65. The summed E-state index contributed by atoms with van der Waals surface area (Å²) in [6.07, 6.45) is 3.75. The van der Waals surface area contributed by atoms with E-state index in [9.17, 15) is 4.79 Å². The van der Waals surface area contributed by atoms with Gasteiger partial charge < -0.3 is 9.84 Å². The van der Waals surface area contributed by atoms with Crippen molar-refractivity contribution in [2.45, 2.75) is 20.8 Å². The van der Waals surface area contributed by atoms with Crippen LogP contribution in [0.2, 0.25) is 0 Å². The minimum Gasteiger partial charge on any atom is -0.497 e. The van der Waals surface area contributed by atoms with Crippen molar-refractivity contribution >= 4 is 12.0 Å². The number of methoxy groups -OCH3 is 1. The van der Waals surface area contributed by atoms with Crippen molar-refractivity contribution in [1.82, 2.24) is 0 Å². The summed E-state index contributed by atoms with van der Waals surface area (Å²) in [5.74, 6) is -0.216. The first-order valence-electron chi connectivity index (χ1n) is 5.68. The van der Waals surface area contributed by atoms with Gasteiger partial charge in [-0.25, -0.2) is 4.79 Å². The Morgan fingerprint density at radius 3 is 2.50 bits per heavy atom. The van der Waals surface area contributed by atoms with Gasteiger partial charge in [0.2, 0.25) is 0 Å². The largest absolute Gasteiger partial charge is 0.497 e. The van der Waals surface area contributed by atoms with Gasteiger partial charge in [0.15, 0.2) is 0 Å². The summed E-state index contributed by atoms with van der Waals surface area (Å²) in [4.78, 5) is 10.9. The molecule has 1 N–H and O–H groups in total. The summed E-state index contributed by atoms with van der Waals surface area (Å²) in [6.45, 7) is 5.90. The molecule has 0 bridgehead atoms. The Bertz CT molecular complexity index is 506. The van der Waals surface area contributed by atoms with Crippen LogP contribution in [0.1, 0.15) is 35.3 Å². The third-order valence-electron chi connectivity index (χ3n) is 2.49. The highest BCUT2D eigenvalue weighted by Gasteiger charge is 2.05. The van der Waals surface area contributed by atoms with Crippen LogP contribution < -0.4 is 0 Å². The standard InChI is InChI=1S/C15H18O3/c1-10(2)7-14(18-4)9-13-8-12(15(16)17)6-5-11(13)3/h5-9H,1-4H3,(H,16,17)/b14-9+. The van der Waals surface area contributed by atoms with Gasteiger partial charge in [-0.15, -0.1) is 0 Å². The highest BCUT2D eigenvalue weighted by Crippen LogP contribution is 2.16. The summed E-state index contributed by atoms with van der Waals surface area (Å²) < 4.78 is 5.26. The van der Waals surface area contributed by atoms with Crippen LogP contribution in [0.4, 0.5) is 0 Å². The number of carboxylic acids is 1. The minimum atomic E-state index is -0.925. The van der Waals surface area contributed by atoms with Gasteiger partial charge in [-0.05, 0) is 56.2 Å². The normalized spacial score (nSPS) is 11.0. The van der Waals surface area contributed by atoms with E-state index in [2.05, 4.69) is 0 Å². The summed E-state index contributed by atoms with van der Waals surface area (Å²) in [5.41, 5.74) is 3.26. The zero-order valence-corrected chi connectivity index (χ0v) is 11.2. The summed E-state index contributed by atoms with van der Waals surface area (Å²) >= 11 is 0. The van der Waals surface area contributed by atoms with E-state index in [-0.39, 0.29) is 5.56 Å². The average molecular weight is 246 g/mol. The second kappa shape index (κ2) is 6.05. The number of hydrogen-bond acceptors (Lipinski definition) is 2. The highest BCUT2D eigenvalue weighted by atomic mass is 16.5. The van der Waals surface area contributed by atoms with Gasteiger partial charge in [0.25, 0.3) is 0 Å². The molecule has 3 heteroatoms. The number of ether oxygens (including phenoxy) is 1. The van der Waals surface area contributed by atoms with Gasteiger partial charge >= 0.3 is 5.97 Å². The van der Waals surface area contributed by atoms with E-state index < -0.39 is 5.97 Å². The van der Waals surface area contributed by atoms with Gasteiger partial charge in [-0.3, -0.25) is 0 Å². The van der Waals surface area contributed by atoms with Gasteiger partial charge in [0.05, 0.1) is 12.7 Å². The maximum absolute atomic E-state index is 10.9. The van der Waals surface area contributed by atoms with Crippen LogP contribution >= 0.6 is 0 Å². The van der Waals surface area contributed by atoms with E-state index in [1.165, 1.54) is 0 Å². The molecule has 3 nitrogen and oxygen atoms in total. The van der Waals surface area contributed by atoms with E-state index in [1.807, 2.05) is 32.9 Å². The Morgan fingerprint density at radius 2 is 2.00 bits per heavy atom. The molecule has 0 aliphatic rings. The topological polar surface area (TPSA) is 46.5 Å². The third kappa shape index (κ3) is 3.77. The van der Waals surface area contributed by atoms with E-state index in [0.29, 0.717) is 5.76 Å². The number of benzene rings is 1. The molecule has 0 saturated heterocycles. The van der Waals surface area contributed by atoms with Crippen molar-refractivity contribution in [2.75, 3.05) is 7.11 Å². The molecule has 18 heavy (non-hydrogen) atoms. The number of aromatic carboxylic acids is 1. The van der Waals surface area contributed by atoms with Gasteiger partial charge in [-0.2, -0.15) is 0 Å². The predicted molar refractivity (Wildman–Crippen MR) is 72.6 cm³/mol. The molecule has 0 unspecified atom stereocenters. The van der Waals surface area contributed by atoms with E-state index in [4.69, 9.17) is 9.84 Å². The van der Waals surface area contributed by atoms with E-state index in [1.54, 1.807) is 25.3 Å². The van der Waals surface area contributed by atoms with Crippen molar-refractivity contribution in [3.63, 3.8) is 0 Å². The van der Waals surface area contributed by atoms with Gasteiger partial charge in [0.1, 0.15) is 5.76 Å². The fourth-order valence-corrected chi connectivity index (χ4v) is 1.53. The average Bonchev–Trinajstić information content (AvgIpc) is 2.29. The van der Waals surface area contributed by atoms with Gasteiger partial charge in [-0.1, -0.05) is 11.6 Å². The molecule has 0 fully saturated rings.